The maximum Gasteiger partial charge on any atom is 0.317 e. The van der Waals surface area contributed by atoms with Crippen molar-refractivity contribution in [2.75, 3.05) is 5.73 Å². The van der Waals surface area contributed by atoms with Crippen LogP contribution in [-0.4, -0.2) is 14.5 Å². The van der Waals surface area contributed by atoms with Crippen LogP contribution in [0.1, 0.15) is 5.56 Å². The molecule has 1 aromatic rings. The van der Waals surface area contributed by atoms with E-state index >= 15 is 0 Å². The second-order valence-electron chi connectivity index (χ2n) is 2.48. The number of hydrogen-bond acceptors (Lipinski definition) is 5. The van der Waals surface area contributed by atoms with Gasteiger partial charge in [-0.2, -0.15) is 8.42 Å². The van der Waals surface area contributed by atoms with E-state index in [0.717, 1.165) is 5.69 Å². The predicted octanol–water partition coefficient (Wildman–Crippen LogP) is -0.0304. The molecule has 2 N–H and O–H groups in total. The van der Waals surface area contributed by atoms with Gasteiger partial charge < -0.3 is 15.6 Å². The normalized spacial score (nSPS) is 8.33. The Labute approximate surface area is 88.1 Å². The van der Waals surface area contributed by atoms with Crippen molar-refractivity contribution in [3.8, 4) is 0 Å². The van der Waals surface area contributed by atoms with E-state index in [2.05, 4.69) is 0 Å². The van der Waals surface area contributed by atoms with E-state index in [1.165, 1.54) is 5.56 Å². The third-order valence-electron chi connectivity index (χ3n) is 1.23. The molecule has 82 valence electrons. The number of anilines is 1. The zero-order valence-corrected chi connectivity index (χ0v) is 8.69. The van der Waals surface area contributed by atoms with Crippen LogP contribution in [0.4, 0.5) is 10.5 Å². The lowest BCUT2D eigenvalue weighted by Gasteiger charge is -1.90. The van der Waals surface area contributed by atoms with E-state index in [1.807, 2.05) is 35.6 Å². The molecule has 6 nitrogen and oxygen atoms in total. The predicted molar refractivity (Wildman–Crippen MR) is 52.3 cm³/mol. The second kappa shape index (κ2) is 6.55. The molecule has 0 saturated heterocycles. The third kappa shape index (κ3) is 8.44. The standard InChI is InChI=1S/C7H9N.CHNO4S/c1-6-2-4-7(8)5-3-6;3-1(4)2-7(5)6/h2-5H,8H2,1H3;(H,3,4)/p-1. The Hall–Kier alpha value is -1.89. The van der Waals surface area contributed by atoms with Crippen molar-refractivity contribution in [3.05, 3.63) is 29.8 Å². The quantitative estimate of drug-likeness (QED) is 0.627. The van der Waals surface area contributed by atoms with Crippen LogP contribution in [-0.2, 0) is 10.5 Å². The molecule has 0 aliphatic heterocycles. The Kier molecular flexibility index (Phi) is 5.72. The van der Waals surface area contributed by atoms with Gasteiger partial charge in [0, 0.05) is 5.69 Å². The molecule has 0 bridgehead atoms. The number of nitrogens with two attached hydrogens (primary N) is 1. The van der Waals surface area contributed by atoms with E-state index in [-0.39, 0.29) is 0 Å². The molecule has 0 fully saturated rings. The molecule has 0 aliphatic carbocycles. The molecule has 1 aromatic carbocycles. The van der Waals surface area contributed by atoms with Gasteiger partial charge >= 0.3 is 10.5 Å². The van der Waals surface area contributed by atoms with Crippen LogP contribution in [0, 0.1) is 6.92 Å². The van der Waals surface area contributed by atoms with Gasteiger partial charge in [0.1, 0.15) is 0 Å². The topological polar surface area (TPSA) is 113 Å². The molecule has 0 heterocycles. The molecule has 0 unspecified atom stereocenters. The smallest absolute Gasteiger partial charge is 0.317 e. The number of rotatable bonds is 0. The van der Waals surface area contributed by atoms with Crippen LogP contribution < -0.4 is 10.8 Å². The van der Waals surface area contributed by atoms with Gasteiger partial charge in [0.25, 0.3) is 0 Å². The largest absolute Gasteiger partial charge is 0.527 e. The monoisotopic (exact) mass is 229 g/mol. The van der Waals surface area contributed by atoms with Crippen molar-refractivity contribution in [1.29, 1.82) is 0 Å². The van der Waals surface area contributed by atoms with Gasteiger partial charge in [-0.25, -0.2) is 0 Å². The lowest BCUT2D eigenvalue weighted by atomic mass is 10.2. The Morgan fingerprint density at radius 3 is 2.00 bits per heavy atom. The highest BCUT2D eigenvalue weighted by atomic mass is 32.2. The van der Waals surface area contributed by atoms with E-state index < -0.39 is 16.6 Å². The molecule has 0 aliphatic rings. The van der Waals surface area contributed by atoms with E-state index in [1.54, 1.807) is 0 Å². The van der Waals surface area contributed by atoms with E-state index in [9.17, 15) is 8.42 Å². The Morgan fingerprint density at radius 1 is 1.33 bits per heavy atom. The van der Waals surface area contributed by atoms with Gasteiger partial charge in [0.15, 0.2) is 6.09 Å². The van der Waals surface area contributed by atoms with Crippen LogP contribution in [0.5, 0.6) is 0 Å². The maximum absolute atomic E-state index is 9.22. The maximum atomic E-state index is 9.22. The number of benzene rings is 1. The van der Waals surface area contributed by atoms with Crippen LogP contribution >= 0.6 is 0 Å². The number of carboxylic acid groups (broad SMARTS) is 1. The molecule has 0 saturated carbocycles. The molecule has 0 aromatic heterocycles. The molecule has 0 atom stereocenters. The highest BCUT2D eigenvalue weighted by Gasteiger charge is 1.80. The minimum absolute atomic E-state index is 0.829. The molecule has 1 amide bonds. The number of aryl methyl sites for hydroxylation is 1. The minimum atomic E-state index is -2.88. The summed E-state index contributed by atoms with van der Waals surface area (Å²) in [6, 6.07) is 7.79. The molecule has 7 heteroatoms. The SMILES string of the molecule is Cc1ccc(N)cc1.O=C([O-])N=S(=O)=O. The van der Waals surface area contributed by atoms with Crippen molar-refractivity contribution in [2.24, 2.45) is 4.36 Å². The molecular weight excluding hydrogens is 220 g/mol. The molecular formula is C8H9N2O4S-. The van der Waals surface area contributed by atoms with Crippen LogP contribution in [0.25, 0.3) is 0 Å². The summed E-state index contributed by atoms with van der Waals surface area (Å²) in [6.07, 6.45) is -1.95. The summed E-state index contributed by atoms with van der Waals surface area (Å²) in [7, 11) is -2.88. The minimum Gasteiger partial charge on any atom is -0.527 e. The van der Waals surface area contributed by atoms with Gasteiger partial charge in [-0.1, -0.05) is 17.7 Å². The van der Waals surface area contributed by atoms with Crippen molar-refractivity contribution in [3.63, 3.8) is 0 Å². The van der Waals surface area contributed by atoms with Crippen molar-refractivity contribution in [2.45, 2.75) is 6.92 Å². The van der Waals surface area contributed by atoms with Crippen LogP contribution in [0.2, 0.25) is 0 Å². The lowest BCUT2D eigenvalue weighted by molar-refractivity contribution is -0.244. The molecule has 1 rings (SSSR count). The van der Waals surface area contributed by atoms with Gasteiger partial charge in [-0.3, -0.25) is 0 Å². The summed E-state index contributed by atoms with van der Waals surface area (Å²) >= 11 is 0. The lowest BCUT2D eigenvalue weighted by Crippen LogP contribution is -2.16. The summed E-state index contributed by atoms with van der Waals surface area (Å²) < 4.78 is 20.4. The van der Waals surface area contributed by atoms with Crippen molar-refractivity contribution in [1.82, 2.24) is 0 Å². The average molecular weight is 229 g/mol. The molecule has 0 spiro atoms. The first-order valence-corrected chi connectivity index (χ1v) is 4.79. The fourth-order valence-corrected chi connectivity index (χ4v) is 0.749. The molecule has 0 radical (unpaired) electrons. The van der Waals surface area contributed by atoms with Gasteiger partial charge in [0.2, 0.25) is 0 Å². The number of amides is 1. The van der Waals surface area contributed by atoms with Crippen LogP contribution in [0.3, 0.4) is 0 Å². The van der Waals surface area contributed by atoms with Crippen molar-refractivity contribution < 1.29 is 18.3 Å². The fourth-order valence-electron chi connectivity index (χ4n) is 0.627. The molecule has 15 heavy (non-hydrogen) atoms. The number of nitrogens with zero attached hydrogens (tertiary/aromatic N) is 1. The van der Waals surface area contributed by atoms with E-state index in [0.29, 0.717) is 0 Å². The van der Waals surface area contributed by atoms with Gasteiger partial charge in [-0.05, 0) is 19.1 Å². The van der Waals surface area contributed by atoms with E-state index in [4.69, 9.17) is 15.6 Å². The Bertz CT molecular complexity index is 421. The fraction of sp³-hybridized carbons (Fsp3) is 0.125. The van der Waals surface area contributed by atoms with Crippen molar-refractivity contribution >= 4 is 22.3 Å². The number of carbonyl (C=O) groups is 1. The zero-order chi connectivity index (χ0) is 11.8. The number of nitrogen functional groups attached to an aromatic ring is 1. The summed E-state index contributed by atoms with van der Waals surface area (Å²) in [5.74, 6) is 0. The first-order chi connectivity index (χ1) is 6.91. The summed E-state index contributed by atoms with van der Waals surface area (Å²) in [6.45, 7) is 2.04. The Balaban J connectivity index is 0.000000265. The first-order valence-electron chi connectivity index (χ1n) is 3.76. The second-order valence-corrected chi connectivity index (χ2v) is 3.10. The highest BCUT2D eigenvalue weighted by molar-refractivity contribution is 7.62. The Morgan fingerprint density at radius 2 is 1.80 bits per heavy atom. The number of hydrogen-bond donors (Lipinski definition) is 1. The summed E-state index contributed by atoms with van der Waals surface area (Å²) in [5, 5.41) is 9.14. The van der Waals surface area contributed by atoms with Gasteiger partial charge in [0.05, 0.1) is 0 Å². The zero-order valence-electron chi connectivity index (χ0n) is 7.88. The highest BCUT2D eigenvalue weighted by Crippen LogP contribution is 2.02. The van der Waals surface area contributed by atoms with Gasteiger partial charge in [-0.15, -0.1) is 4.36 Å². The summed E-state index contributed by atoms with van der Waals surface area (Å²) in [4.78, 5) is 9.14. The average Bonchev–Trinajstić information content (AvgIpc) is 2.09. The van der Waals surface area contributed by atoms with Crippen LogP contribution in [0.15, 0.2) is 28.6 Å². The number of carbonyl (C=O) groups excluding carboxylic acids is 1. The third-order valence-corrected chi connectivity index (χ3v) is 1.52. The summed E-state index contributed by atoms with van der Waals surface area (Å²) in [5.41, 5.74) is 7.51. The first kappa shape index (κ1) is 13.1.